The Hall–Kier alpha value is -4.89. The largest absolute Gasteiger partial charge is 0.489 e. The highest BCUT2D eigenvalue weighted by atomic mass is 16.5. The van der Waals surface area contributed by atoms with Crippen molar-refractivity contribution in [2.45, 2.75) is 13.2 Å². The fraction of sp³-hybridized carbons (Fsp3) is 0.0690. The lowest BCUT2D eigenvalue weighted by atomic mass is 9.99. The van der Waals surface area contributed by atoms with Crippen LogP contribution in [0.3, 0.4) is 0 Å². The molecule has 0 aliphatic carbocycles. The summed E-state index contributed by atoms with van der Waals surface area (Å²) < 4.78 is 7.77. The third kappa shape index (κ3) is 5.21. The molecule has 0 spiro atoms. The predicted molar refractivity (Wildman–Crippen MR) is 135 cm³/mol. The number of hydrogen-bond acceptors (Lipinski definition) is 5. The monoisotopic (exact) mass is 457 g/mol. The van der Waals surface area contributed by atoms with Crippen LogP contribution >= 0.6 is 0 Å². The lowest BCUT2D eigenvalue weighted by molar-refractivity contribution is 0.306. The van der Waals surface area contributed by atoms with Gasteiger partial charge in [0.05, 0.1) is 23.9 Å². The van der Waals surface area contributed by atoms with Crippen molar-refractivity contribution < 1.29 is 4.74 Å². The Morgan fingerprint density at radius 1 is 0.771 bits per heavy atom. The van der Waals surface area contributed by atoms with Gasteiger partial charge >= 0.3 is 0 Å². The van der Waals surface area contributed by atoms with E-state index in [9.17, 15) is 5.26 Å². The highest BCUT2D eigenvalue weighted by molar-refractivity contribution is 5.74. The summed E-state index contributed by atoms with van der Waals surface area (Å²) in [5.41, 5.74) is 5.65. The molecule has 1 aromatic heterocycles. The summed E-state index contributed by atoms with van der Waals surface area (Å²) in [5.74, 6) is 0.818. The molecule has 170 valence electrons. The smallest absolute Gasteiger partial charge is 0.139 e. The molecule has 0 fully saturated rings. The number of benzene rings is 4. The van der Waals surface area contributed by atoms with Crippen LogP contribution in [0.25, 0.3) is 11.1 Å². The number of hydrogen-bond donors (Lipinski definition) is 0. The van der Waals surface area contributed by atoms with Crippen molar-refractivity contribution in [3.05, 3.63) is 132 Å². The number of aromatic nitrogens is 3. The molecule has 6 heteroatoms. The van der Waals surface area contributed by atoms with Gasteiger partial charge in [-0.3, -0.25) is 5.01 Å². The molecular weight excluding hydrogens is 434 g/mol. The van der Waals surface area contributed by atoms with Gasteiger partial charge in [-0.1, -0.05) is 72.8 Å². The molecule has 0 amide bonds. The summed E-state index contributed by atoms with van der Waals surface area (Å²) in [6, 6.07) is 36.3. The molecule has 5 aromatic rings. The van der Waals surface area contributed by atoms with E-state index >= 15 is 0 Å². The molecule has 0 atom stereocenters. The maximum atomic E-state index is 9.67. The molecule has 0 aliphatic rings. The molecule has 0 saturated carbocycles. The zero-order valence-electron chi connectivity index (χ0n) is 19.0. The molecule has 6 nitrogen and oxygen atoms in total. The van der Waals surface area contributed by atoms with Gasteiger partial charge in [0.25, 0.3) is 0 Å². The van der Waals surface area contributed by atoms with Crippen LogP contribution < -0.4 is 9.75 Å². The number of nitrogens with zero attached hydrogens (tertiary/aromatic N) is 5. The Kier molecular flexibility index (Phi) is 6.49. The fourth-order valence-electron chi connectivity index (χ4n) is 3.88. The first-order valence-electron chi connectivity index (χ1n) is 11.3. The van der Waals surface area contributed by atoms with Gasteiger partial charge in [-0.25, -0.2) is 4.68 Å². The summed E-state index contributed by atoms with van der Waals surface area (Å²) >= 11 is 0. The molecule has 0 bridgehead atoms. The van der Waals surface area contributed by atoms with Crippen LogP contribution in [-0.4, -0.2) is 14.9 Å². The van der Waals surface area contributed by atoms with Crippen molar-refractivity contribution in [1.82, 2.24) is 14.9 Å². The lowest BCUT2D eigenvalue weighted by Crippen LogP contribution is -2.27. The minimum Gasteiger partial charge on any atom is -0.489 e. The minimum atomic E-state index is 0.528. The molecule has 0 unspecified atom stereocenters. The van der Waals surface area contributed by atoms with E-state index in [-0.39, 0.29) is 0 Å². The Balaban J connectivity index is 1.40. The van der Waals surface area contributed by atoms with Crippen LogP contribution in [0.4, 0.5) is 5.69 Å². The predicted octanol–water partition coefficient (Wildman–Crippen LogP) is 5.87. The Morgan fingerprint density at radius 3 is 2.14 bits per heavy atom. The first kappa shape index (κ1) is 21.9. The SMILES string of the molecule is N#Cc1ccc(N(Cc2ccc(OCc3ccccc3)cc2)n2cnnc2)cc1-c1ccccc1. The highest BCUT2D eigenvalue weighted by Crippen LogP contribution is 2.29. The maximum absolute atomic E-state index is 9.67. The van der Waals surface area contributed by atoms with Gasteiger partial charge in [0, 0.05) is 5.56 Å². The van der Waals surface area contributed by atoms with Gasteiger partial charge in [-0.15, -0.1) is 10.2 Å². The molecule has 0 radical (unpaired) electrons. The van der Waals surface area contributed by atoms with Crippen LogP contribution in [0.15, 0.2) is 116 Å². The van der Waals surface area contributed by atoms with Crippen LogP contribution in [-0.2, 0) is 13.2 Å². The molecular formula is C29H23N5O. The average molecular weight is 458 g/mol. The Bertz CT molecular complexity index is 1410. The van der Waals surface area contributed by atoms with Crippen molar-refractivity contribution in [1.29, 1.82) is 5.26 Å². The summed E-state index contributed by atoms with van der Waals surface area (Å²) in [4.78, 5) is 0. The zero-order chi connectivity index (χ0) is 23.9. The Labute approximate surface area is 204 Å². The second-order valence-corrected chi connectivity index (χ2v) is 8.03. The van der Waals surface area contributed by atoms with E-state index in [1.54, 1.807) is 12.7 Å². The third-order valence-corrected chi connectivity index (χ3v) is 5.70. The highest BCUT2D eigenvalue weighted by Gasteiger charge is 2.14. The third-order valence-electron chi connectivity index (χ3n) is 5.70. The van der Waals surface area contributed by atoms with Gasteiger partial charge in [-0.05, 0) is 47.0 Å². The molecule has 0 saturated heterocycles. The van der Waals surface area contributed by atoms with E-state index in [1.807, 2.05) is 95.7 Å². The van der Waals surface area contributed by atoms with Gasteiger partial charge in [0.2, 0.25) is 0 Å². The van der Waals surface area contributed by atoms with Crippen molar-refractivity contribution in [3.63, 3.8) is 0 Å². The average Bonchev–Trinajstić information content (AvgIpc) is 3.47. The minimum absolute atomic E-state index is 0.528. The number of nitriles is 1. The van der Waals surface area contributed by atoms with Crippen molar-refractivity contribution >= 4 is 5.69 Å². The Morgan fingerprint density at radius 2 is 1.46 bits per heavy atom. The molecule has 1 heterocycles. The van der Waals surface area contributed by atoms with Crippen LogP contribution in [0.1, 0.15) is 16.7 Å². The van der Waals surface area contributed by atoms with Gasteiger partial charge in [-0.2, -0.15) is 5.26 Å². The molecule has 35 heavy (non-hydrogen) atoms. The lowest BCUT2D eigenvalue weighted by Gasteiger charge is -2.26. The van der Waals surface area contributed by atoms with E-state index in [4.69, 9.17) is 4.74 Å². The fourth-order valence-corrected chi connectivity index (χ4v) is 3.88. The second-order valence-electron chi connectivity index (χ2n) is 8.03. The standard InChI is InChI=1S/C29H23N5O/c30-18-26-13-14-27(17-29(26)25-9-5-2-6-10-25)34(33-21-31-32-22-33)19-23-11-15-28(16-12-23)35-20-24-7-3-1-4-8-24/h1-17,21-22H,19-20H2. The molecule has 0 N–H and O–H groups in total. The summed E-state index contributed by atoms with van der Waals surface area (Å²) in [6.45, 7) is 1.11. The first-order valence-corrected chi connectivity index (χ1v) is 11.3. The van der Waals surface area contributed by atoms with E-state index < -0.39 is 0 Å². The van der Waals surface area contributed by atoms with Crippen LogP contribution in [0.5, 0.6) is 5.75 Å². The van der Waals surface area contributed by atoms with Crippen molar-refractivity contribution in [3.8, 4) is 22.9 Å². The van der Waals surface area contributed by atoms with E-state index in [0.717, 1.165) is 33.7 Å². The van der Waals surface area contributed by atoms with Gasteiger partial charge in [0.1, 0.15) is 25.0 Å². The van der Waals surface area contributed by atoms with Gasteiger partial charge in [0.15, 0.2) is 0 Å². The second kappa shape index (κ2) is 10.4. The summed E-state index contributed by atoms with van der Waals surface area (Å²) in [5, 5.41) is 19.7. The van der Waals surface area contributed by atoms with Gasteiger partial charge < -0.3 is 4.74 Å². The normalized spacial score (nSPS) is 10.5. The van der Waals surface area contributed by atoms with Crippen LogP contribution in [0, 0.1) is 11.3 Å². The zero-order valence-corrected chi connectivity index (χ0v) is 19.0. The number of rotatable bonds is 8. The van der Waals surface area contributed by atoms with Crippen molar-refractivity contribution in [2.75, 3.05) is 5.01 Å². The van der Waals surface area contributed by atoms with Crippen molar-refractivity contribution in [2.24, 2.45) is 0 Å². The topological polar surface area (TPSA) is 67.0 Å². The van der Waals surface area contributed by atoms with Crippen LogP contribution in [0.2, 0.25) is 0 Å². The first-order chi connectivity index (χ1) is 17.3. The number of ether oxygens (including phenoxy) is 1. The van der Waals surface area contributed by atoms with E-state index in [1.165, 1.54) is 0 Å². The van der Waals surface area contributed by atoms with E-state index in [0.29, 0.717) is 18.7 Å². The maximum Gasteiger partial charge on any atom is 0.139 e. The molecule has 5 rings (SSSR count). The molecule has 0 aliphatic heterocycles. The quantitative estimate of drug-likeness (QED) is 0.292. The number of anilines is 1. The van der Waals surface area contributed by atoms with E-state index in [2.05, 4.69) is 33.4 Å². The summed E-state index contributed by atoms with van der Waals surface area (Å²) in [6.07, 6.45) is 3.33. The summed E-state index contributed by atoms with van der Waals surface area (Å²) in [7, 11) is 0. The molecule has 4 aromatic carbocycles.